The van der Waals surface area contributed by atoms with Gasteiger partial charge in [-0.15, -0.1) is 11.3 Å². The van der Waals surface area contributed by atoms with Gasteiger partial charge in [0, 0.05) is 43.5 Å². The monoisotopic (exact) mass is 445 g/mol. The van der Waals surface area contributed by atoms with Crippen molar-refractivity contribution in [3.63, 3.8) is 0 Å². The molecule has 0 spiro atoms. The number of hydrogen-bond donors (Lipinski definition) is 2. The Balaban J connectivity index is 1.88. The Kier molecular flexibility index (Phi) is 9.55. The van der Waals surface area contributed by atoms with Crippen LogP contribution in [0.2, 0.25) is 0 Å². The lowest BCUT2D eigenvalue weighted by atomic mass is 10.0. The van der Waals surface area contributed by atoms with E-state index in [1.807, 2.05) is 19.9 Å². The van der Waals surface area contributed by atoms with Crippen LogP contribution in [0, 0.1) is 11.8 Å². The average Bonchev–Trinajstić information content (AvgIpc) is 3.11. The van der Waals surface area contributed by atoms with Gasteiger partial charge in [-0.05, 0) is 30.4 Å². The molecule has 2 rings (SSSR count). The van der Waals surface area contributed by atoms with Crippen LogP contribution in [0.5, 0.6) is 0 Å². The lowest BCUT2D eigenvalue weighted by Crippen LogP contribution is -2.51. The van der Waals surface area contributed by atoms with Gasteiger partial charge in [0.2, 0.25) is 15.9 Å². The maximum Gasteiger partial charge on any atom is 0.250 e. The number of nitrogens with one attached hydrogen (secondary N) is 2. The second kappa shape index (κ2) is 11.4. The molecule has 1 aromatic heterocycles. The third-order valence-electron chi connectivity index (χ3n) is 4.96. The van der Waals surface area contributed by atoms with Gasteiger partial charge >= 0.3 is 0 Å². The van der Waals surface area contributed by atoms with Crippen LogP contribution in [0.15, 0.2) is 16.3 Å². The van der Waals surface area contributed by atoms with E-state index in [2.05, 4.69) is 28.8 Å². The van der Waals surface area contributed by atoms with Crippen LogP contribution in [-0.2, 0) is 26.0 Å². The van der Waals surface area contributed by atoms with E-state index < -0.39 is 10.0 Å². The Morgan fingerprint density at radius 3 is 2.52 bits per heavy atom. The number of hydrogen-bond acceptors (Lipinski definition) is 6. The summed E-state index contributed by atoms with van der Waals surface area (Å²) in [6.07, 6.45) is 1.14. The van der Waals surface area contributed by atoms with Crippen molar-refractivity contribution in [1.29, 1.82) is 0 Å². The van der Waals surface area contributed by atoms with E-state index in [1.165, 1.54) is 11.3 Å². The molecule has 1 saturated heterocycles. The molecule has 1 aliphatic heterocycles. The van der Waals surface area contributed by atoms with Crippen LogP contribution >= 0.6 is 11.3 Å². The molecule has 2 heterocycles. The fraction of sp³-hybridized carbons (Fsp3) is 0.750. The minimum absolute atomic E-state index is 0.0360. The zero-order valence-electron chi connectivity index (χ0n) is 17.9. The number of carbonyl (C=O) groups is 1. The smallest absolute Gasteiger partial charge is 0.250 e. The zero-order chi connectivity index (χ0) is 21.4. The van der Waals surface area contributed by atoms with E-state index in [0.29, 0.717) is 55.2 Å². The summed E-state index contributed by atoms with van der Waals surface area (Å²) in [7, 11) is -3.54. The highest BCUT2D eigenvalue weighted by Crippen LogP contribution is 2.22. The van der Waals surface area contributed by atoms with Gasteiger partial charge in [-0.2, -0.15) is 0 Å². The number of carbonyl (C=O) groups excluding carboxylic acids is 1. The van der Waals surface area contributed by atoms with Crippen LogP contribution in [-0.4, -0.2) is 64.7 Å². The Labute approximate surface area is 179 Å². The van der Waals surface area contributed by atoms with Crippen molar-refractivity contribution in [3.05, 3.63) is 17.0 Å². The summed E-state index contributed by atoms with van der Waals surface area (Å²) in [5, 5.41) is 2.89. The van der Waals surface area contributed by atoms with Gasteiger partial charge < -0.3 is 10.1 Å². The first kappa shape index (κ1) is 24.3. The standard InChI is InChI=1S/C20H35N3O4S2/c1-15(2)13-19(24)21-8-7-17-5-6-20(28-17)29(25,26)22-14-18(16(3)4)23-9-11-27-12-10-23/h5-6,15-16,18,22H,7-14H2,1-4H3,(H,21,24)/t18-/m0/s1. The topological polar surface area (TPSA) is 87.7 Å². The maximum absolute atomic E-state index is 12.7. The molecule has 1 amide bonds. The molecule has 0 radical (unpaired) electrons. The SMILES string of the molecule is CC(C)CC(=O)NCCc1ccc(S(=O)(=O)NC[C@@H](C(C)C)N2CCOCC2)s1. The summed E-state index contributed by atoms with van der Waals surface area (Å²) in [5.74, 6) is 0.699. The van der Waals surface area contributed by atoms with E-state index in [1.54, 1.807) is 6.07 Å². The second-order valence-corrected chi connectivity index (χ2v) is 11.4. The molecule has 7 nitrogen and oxygen atoms in total. The maximum atomic E-state index is 12.7. The number of amides is 1. The van der Waals surface area contributed by atoms with E-state index in [0.717, 1.165) is 18.0 Å². The molecule has 9 heteroatoms. The minimum Gasteiger partial charge on any atom is -0.379 e. The van der Waals surface area contributed by atoms with Crippen molar-refractivity contribution in [2.24, 2.45) is 11.8 Å². The van der Waals surface area contributed by atoms with Gasteiger partial charge in [0.1, 0.15) is 4.21 Å². The van der Waals surface area contributed by atoms with E-state index in [9.17, 15) is 13.2 Å². The van der Waals surface area contributed by atoms with Crippen molar-refractivity contribution in [1.82, 2.24) is 14.9 Å². The highest BCUT2D eigenvalue weighted by molar-refractivity contribution is 7.91. The van der Waals surface area contributed by atoms with Crippen LogP contribution in [0.3, 0.4) is 0 Å². The lowest BCUT2D eigenvalue weighted by molar-refractivity contribution is -0.121. The van der Waals surface area contributed by atoms with E-state index in [4.69, 9.17) is 4.74 Å². The fourth-order valence-corrected chi connectivity index (χ4v) is 5.82. The van der Waals surface area contributed by atoms with Gasteiger partial charge in [-0.1, -0.05) is 27.7 Å². The summed E-state index contributed by atoms with van der Waals surface area (Å²) in [4.78, 5) is 15.0. The molecule has 1 fully saturated rings. The zero-order valence-corrected chi connectivity index (χ0v) is 19.6. The molecule has 1 aromatic rings. The molecule has 0 bridgehead atoms. The van der Waals surface area contributed by atoms with Crippen LogP contribution in [0.25, 0.3) is 0 Å². The molecular formula is C20H35N3O4S2. The number of thiophene rings is 1. The molecule has 1 atom stereocenters. The first-order chi connectivity index (χ1) is 13.7. The summed E-state index contributed by atoms with van der Waals surface area (Å²) < 4.78 is 34.0. The minimum atomic E-state index is -3.54. The quantitative estimate of drug-likeness (QED) is 0.545. The average molecular weight is 446 g/mol. The summed E-state index contributed by atoms with van der Waals surface area (Å²) in [6.45, 7) is 12.2. The Hall–Kier alpha value is -1.00. The molecule has 0 aliphatic carbocycles. The summed E-state index contributed by atoms with van der Waals surface area (Å²) >= 11 is 1.27. The normalized spacial score (nSPS) is 17.0. The van der Waals surface area contributed by atoms with E-state index >= 15 is 0 Å². The van der Waals surface area contributed by atoms with Crippen molar-refractivity contribution >= 4 is 27.3 Å². The molecule has 29 heavy (non-hydrogen) atoms. The van der Waals surface area contributed by atoms with E-state index in [-0.39, 0.29) is 11.9 Å². The van der Waals surface area contributed by atoms with Gasteiger partial charge in [-0.3, -0.25) is 9.69 Å². The molecule has 2 N–H and O–H groups in total. The van der Waals surface area contributed by atoms with Crippen LogP contribution in [0.4, 0.5) is 0 Å². The first-order valence-electron chi connectivity index (χ1n) is 10.4. The number of rotatable bonds is 11. The van der Waals surface area contributed by atoms with Crippen LogP contribution < -0.4 is 10.0 Å². The van der Waals surface area contributed by atoms with Crippen LogP contribution in [0.1, 0.15) is 39.0 Å². The van der Waals surface area contributed by atoms with Gasteiger partial charge in [0.25, 0.3) is 0 Å². The van der Waals surface area contributed by atoms with Gasteiger partial charge in [-0.25, -0.2) is 13.1 Å². The number of sulfonamides is 1. The van der Waals surface area contributed by atoms with Gasteiger partial charge in [0.05, 0.1) is 13.2 Å². The highest BCUT2D eigenvalue weighted by atomic mass is 32.2. The first-order valence-corrected chi connectivity index (χ1v) is 12.7. The third-order valence-corrected chi connectivity index (χ3v) is 8.02. The van der Waals surface area contributed by atoms with Crippen molar-refractivity contribution in [3.8, 4) is 0 Å². The fourth-order valence-electron chi connectivity index (χ4n) is 3.37. The number of nitrogens with zero attached hydrogens (tertiary/aromatic N) is 1. The highest BCUT2D eigenvalue weighted by Gasteiger charge is 2.26. The molecule has 166 valence electrons. The van der Waals surface area contributed by atoms with Gasteiger partial charge in [0.15, 0.2) is 0 Å². The second-order valence-electron chi connectivity index (χ2n) is 8.23. The third kappa shape index (κ3) is 7.97. The van der Waals surface area contributed by atoms with Crippen molar-refractivity contribution < 1.29 is 17.9 Å². The molecule has 0 saturated carbocycles. The Bertz CT molecular complexity index is 741. The van der Waals surface area contributed by atoms with Crippen molar-refractivity contribution in [2.75, 3.05) is 39.4 Å². The predicted octanol–water partition coefficient (Wildman–Crippen LogP) is 2.09. The van der Waals surface area contributed by atoms with Crippen molar-refractivity contribution in [2.45, 2.75) is 50.8 Å². The number of ether oxygens (including phenoxy) is 1. The molecule has 0 aromatic carbocycles. The Morgan fingerprint density at radius 2 is 1.90 bits per heavy atom. The Morgan fingerprint density at radius 1 is 1.21 bits per heavy atom. The molecule has 1 aliphatic rings. The lowest BCUT2D eigenvalue weighted by Gasteiger charge is -2.36. The largest absolute Gasteiger partial charge is 0.379 e. The molecule has 0 unspecified atom stereocenters. The molecular weight excluding hydrogens is 410 g/mol. The number of morpholine rings is 1. The summed E-state index contributed by atoms with van der Waals surface area (Å²) in [5.41, 5.74) is 0. The predicted molar refractivity (Wildman–Crippen MR) is 117 cm³/mol. The summed E-state index contributed by atoms with van der Waals surface area (Å²) in [6, 6.07) is 3.62.